The Morgan fingerprint density at radius 1 is 0.565 bits per heavy atom. The summed E-state index contributed by atoms with van der Waals surface area (Å²) in [6, 6.07) is 33.1. The molecule has 0 atom stereocenters. The molecule has 3 aromatic carbocycles. The van der Waals surface area contributed by atoms with Crippen LogP contribution < -0.4 is 15.9 Å². The van der Waals surface area contributed by atoms with E-state index in [2.05, 4.69) is 107 Å². The van der Waals surface area contributed by atoms with Crippen LogP contribution in [0.25, 0.3) is 0 Å². The van der Waals surface area contributed by atoms with Crippen molar-refractivity contribution in [1.82, 2.24) is 0 Å². The third-order valence-electron chi connectivity index (χ3n) is 4.27. The number of benzene rings is 3. The first-order valence-electron chi connectivity index (χ1n) is 7.60. The minimum absolute atomic E-state index is 0. The second-order valence-electron chi connectivity index (χ2n) is 5.44. The van der Waals surface area contributed by atoms with Crippen molar-refractivity contribution >= 4 is 56.1 Å². The number of hydrogen-bond acceptors (Lipinski definition) is 0. The Balaban J connectivity index is 0.00000192. The second-order valence-corrected chi connectivity index (χ2v) is 10.3. The summed E-state index contributed by atoms with van der Waals surface area (Å²) in [5.41, 5.74) is 0. The van der Waals surface area contributed by atoms with Crippen LogP contribution in [0.1, 0.15) is 0 Å². The summed E-state index contributed by atoms with van der Waals surface area (Å²) >= 11 is 3.71. The Bertz CT molecular complexity index is 603. The van der Waals surface area contributed by atoms with Crippen molar-refractivity contribution in [1.29, 1.82) is 0 Å². The molecule has 0 aliphatic rings. The van der Waals surface area contributed by atoms with E-state index in [9.17, 15) is 0 Å². The SMILES string of the molecule is Br.BrCC[PH](c1ccccc1)(c1ccccc1)c1ccccc1. The standard InChI is InChI=1S/C20H20BrP.BrH/c21-16-17-22(18-10-4-1-5-11-18,19-12-6-2-7-13-19)20-14-8-3-9-15-20;/h1-15,22H,16-17H2;1H. The van der Waals surface area contributed by atoms with Gasteiger partial charge >= 0.3 is 142 Å². The molecule has 0 aromatic heterocycles. The Labute approximate surface area is 158 Å². The number of alkyl halides is 1. The summed E-state index contributed by atoms with van der Waals surface area (Å²) in [5.74, 6) is 0. The van der Waals surface area contributed by atoms with Crippen molar-refractivity contribution < 1.29 is 0 Å². The van der Waals surface area contributed by atoms with Gasteiger partial charge in [0.15, 0.2) is 0 Å². The van der Waals surface area contributed by atoms with Crippen LogP contribution in [0, 0.1) is 0 Å². The maximum absolute atomic E-state index is 3.71. The van der Waals surface area contributed by atoms with Gasteiger partial charge in [-0.3, -0.25) is 0 Å². The Morgan fingerprint density at radius 3 is 1.13 bits per heavy atom. The van der Waals surface area contributed by atoms with Gasteiger partial charge in [0.2, 0.25) is 0 Å². The van der Waals surface area contributed by atoms with Crippen molar-refractivity contribution in [3.05, 3.63) is 91.0 Å². The van der Waals surface area contributed by atoms with Crippen molar-refractivity contribution in [2.24, 2.45) is 0 Å². The molecule has 0 aliphatic carbocycles. The van der Waals surface area contributed by atoms with E-state index < -0.39 is 7.26 Å². The van der Waals surface area contributed by atoms with E-state index in [1.807, 2.05) is 0 Å². The average Bonchev–Trinajstić information content (AvgIpc) is 2.62. The predicted octanol–water partition coefficient (Wildman–Crippen LogP) is 4.69. The van der Waals surface area contributed by atoms with E-state index in [0.29, 0.717) is 0 Å². The van der Waals surface area contributed by atoms with Gasteiger partial charge in [0.25, 0.3) is 0 Å². The monoisotopic (exact) mass is 450 g/mol. The molecule has 0 fully saturated rings. The average molecular weight is 452 g/mol. The van der Waals surface area contributed by atoms with Crippen LogP contribution in [0.4, 0.5) is 0 Å². The second kappa shape index (κ2) is 8.78. The van der Waals surface area contributed by atoms with Crippen LogP contribution in [0.15, 0.2) is 91.0 Å². The van der Waals surface area contributed by atoms with Crippen LogP contribution in [0.3, 0.4) is 0 Å². The zero-order valence-corrected chi connectivity index (χ0v) is 17.2. The fourth-order valence-corrected chi connectivity index (χ4v) is 9.46. The molecule has 3 aromatic rings. The molecule has 23 heavy (non-hydrogen) atoms. The quantitative estimate of drug-likeness (QED) is 0.390. The molecule has 0 radical (unpaired) electrons. The van der Waals surface area contributed by atoms with Gasteiger partial charge in [0.05, 0.1) is 0 Å². The Morgan fingerprint density at radius 2 is 0.870 bits per heavy atom. The van der Waals surface area contributed by atoms with Crippen molar-refractivity contribution in [3.8, 4) is 0 Å². The molecule has 3 heteroatoms. The molecule has 0 bridgehead atoms. The molecule has 0 spiro atoms. The Hall–Kier alpha value is -0.950. The molecule has 0 amide bonds. The molecular formula is C20H21Br2P. The summed E-state index contributed by atoms with van der Waals surface area (Å²) in [6.45, 7) is 0. The van der Waals surface area contributed by atoms with E-state index in [-0.39, 0.29) is 17.0 Å². The van der Waals surface area contributed by atoms with Crippen LogP contribution >= 0.6 is 40.2 Å². The molecule has 0 heterocycles. The van der Waals surface area contributed by atoms with Gasteiger partial charge in [-0.25, -0.2) is 0 Å². The van der Waals surface area contributed by atoms with Crippen molar-refractivity contribution in [3.63, 3.8) is 0 Å². The fourth-order valence-electron chi connectivity index (χ4n) is 3.24. The van der Waals surface area contributed by atoms with E-state index in [0.717, 1.165) is 11.5 Å². The van der Waals surface area contributed by atoms with Crippen LogP contribution in [-0.4, -0.2) is 11.5 Å². The first-order valence-corrected chi connectivity index (χ1v) is 10.9. The zero-order chi connectivity index (χ0) is 15.3. The minimum atomic E-state index is -1.97. The van der Waals surface area contributed by atoms with E-state index >= 15 is 0 Å². The summed E-state index contributed by atoms with van der Waals surface area (Å²) in [4.78, 5) is 0. The molecule has 3 rings (SSSR count). The molecular weight excluding hydrogens is 431 g/mol. The molecule has 120 valence electrons. The van der Waals surface area contributed by atoms with Gasteiger partial charge in [-0.15, -0.1) is 17.0 Å². The third-order valence-corrected chi connectivity index (χ3v) is 10.4. The number of hydrogen-bond donors (Lipinski definition) is 0. The van der Waals surface area contributed by atoms with Gasteiger partial charge in [0.1, 0.15) is 0 Å². The number of rotatable bonds is 5. The summed E-state index contributed by atoms with van der Waals surface area (Å²) in [5, 5.41) is 5.45. The van der Waals surface area contributed by atoms with Crippen LogP contribution in [0.2, 0.25) is 0 Å². The van der Waals surface area contributed by atoms with E-state index in [4.69, 9.17) is 0 Å². The molecule has 0 unspecified atom stereocenters. The zero-order valence-electron chi connectivity index (χ0n) is 12.9. The van der Waals surface area contributed by atoms with Gasteiger partial charge in [0, 0.05) is 0 Å². The van der Waals surface area contributed by atoms with Crippen molar-refractivity contribution in [2.45, 2.75) is 0 Å². The summed E-state index contributed by atoms with van der Waals surface area (Å²) in [7, 11) is -1.97. The van der Waals surface area contributed by atoms with Crippen LogP contribution in [0.5, 0.6) is 0 Å². The first kappa shape index (κ1) is 18.4. The molecule has 0 aliphatic heterocycles. The maximum atomic E-state index is 3.71. The third kappa shape index (κ3) is 3.76. The van der Waals surface area contributed by atoms with Crippen molar-refractivity contribution in [2.75, 3.05) is 11.5 Å². The van der Waals surface area contributed by atoms with E-state index in [1.165, 1.54) is 15.9 Å². The van der Waals surface area contributed by atoms with Crippen LogP contribution in [-0.2, 0) is 0 Å². The summed E-state index contributed by atoms with van der Waals surface area (Å²) in [6.07, 6.45) is 1.16. The molecule has 0 N–H and O–H groups in total. The van der Waals surface area contributed by atoms with Gasteiger partial charge < -0.3 is 0 Å². The molecule has 0 saturated heterocycles. The van der Waals surface area contributed by atoms with Gasteiger partial charge in [-0.2, -0.15) is 0 Å². The summed E-state index contributed by atoms with van der Waals surface area (Å²) < 4.78 is 0. The normalized spacial score (nSPS) is 11.5. The first-order chi connectivity index (χ1) is 10.9. The molecule has 0 nitrogen and oxygen atoms in total. The topological polar surface area (TPSA) is 0 Å². The molecule has 0 saturated carbocycles. The fraction of sp³-hybridized carbons (Fsp3) is 0.100. The van der Waals surface area contributed by atoms with Gasteiger partial charge in [-0.1, -0.05) is 0 Å². The predicted molar refractivity (Wildman–Crippen MR) is 116 cm³/mol. The number of halogens is 2. The Kier molecular flexibility index (Phi) is 7.02. The van der Waals surface area contributed by atoms with Gasteiger partial charge in [-0.05, 0) is 0 Å². The van der Waals surface area contributed by atoms with E-state index in [1.54, 1.807) is 0 Å².